The Labute approximate surface area is 120 Å². The first-order valence-corrected chi connectivity index (χ1v) is 6.93. The molecule has 0 bridgehead atoms. The lowest BCUT2D eigenvalue weighted by Crippen LogP contribution is -2.21. The zero-order valence-electron chi connectivity index (χ0n) is 10.4. The molecule has 4 nitrogen and oxygen atoms in total. The predicted octanol–water partition coefficient (Wildman–Crippen LogP) is 3.36. The molecule has 0 atom stereocenters. The lowest BCUT2D eigenvalue weighted by molar-refractivity contribution is 0.716. The van der Waals surface area contributed by atoms with Gasteiger partial charge in [-0.3, -0.25) is 4.57 Å². The molecule has 2 aromatic rings. The van der Waals surface area contributed by atoms with Crippen LogP contribution in [0.2, 0.25) is 0 Å². The molecule has 1 aromatic carbocycles. The Morgan fingerprint density at radius 1 is 1.44 bits per heavy atom. The zero-order chi connectivity index (χ0) is 13.1. The lowest BCUT2D eigenvalue weighted by atomic mass is 10.2. The van der Waals surface area contributed by atoms with Crippen LogP contribution in [0, 0.1) is 4.77 Å². The van der Waals surface area contributed by atoms with Gasteiger partial charge in [0.25, 0.3) is 0 Å². The van der Waals surface area contributed by atoms with Crippen LogP contribution in [0.25, 0.3) is 0 Å². The van der Waals surface area contributed by atoms with Crippen molar-refractivity contribution in [2.45, 2.75) is 20.0 Å². The molecule has 0 aliphatic rings. The Balaban J connectivity index is 2.25. The Morgan fingerprint density at radius 3 is 2.83 bits per heavy atom. The van der Waals surface area contributed by atoms with E-state index in [0.717, 1.165) is 23.5 Å². The van der Waals surface area contributed by atoms with E-state index in [4.69, 9.17) is 12.2 Å². The number of nitrogens with zero attached hydrogens (tertiary/aromatic N) is 3. The van der Waals surface area contributed by atoms with Gasteiger partial charge in [-0.1, -0.05) is 34.1 Å². The van der Waals surface area contributed by atoms with Crippen molar-refractivity contribution in [3.05, 3.63) is 39.1 Å². The number of H-pyrrole nitrogens is 1. The summed E-state index contributed by atoms with van der Waals surface area (Å²) in [5, 5.41) is 7.10. The number of rotatable bonds is 4. The van der Waals surface area contributed by atoms with Gasteiger partial charge in [-0.2, -0.15) is 0 Å². The molecule has 1 N–H and O–H groups in total. The Hall–Kier alpha value is -1.14. The van der Waals surface area contributed by atoms with Crippen LogP contribution in [0.1, 0.15) is 12.5 Å². The molecule has 1 aromatic heterocycles. The smallest absolute Gasteiger partial charge is 0.225 e. The normalized spacial score (nSPS) is 10.6. The van der Waals surface area contributed by atoms with E-state index in [2.05, 4.69) is 44.0 Å². The average molecular weight is 327 g/mol. The highest BCUT2D eigenvalue weighted by atomic mass is 79.9. The van der Waals surface area contributed by atoms with Crippen molar-refractivity contribution in [1.29, 1.82) is 0 Å². The summed E-state index contributed by atoms with van der Waals surface area (Å²) in [6.45, 7) is 3.65. The van der Waals surface area contributed by atoms with E-state index >= 15 is 0 Å². The number of nitrogens with one attached hydrogen (secondary N) is 1. The Morgan fingerprint density at radius 2 is 2.17 bits per heavy atom. The molecule has 0 aliphatic heterocycles. The van der Waals surface area contributed by atoms with E-state index in [0.29, 0.717) is 4.77 Å². The van der Waals surface area contributed by atoms with E-state index in [1.807, 2.05) is 29.8 Å². The van der Waals surface area contributed by atoms with E-state index in [9.17, 15) is 0 Å². The van der Waals surface area contributed by atoms with Crippen molar-refractivity contribution in [1.82, 2.24) is 14.8 Å². The van der Waals surface area contributed by atoms with Crippen LogP contribution < -0.4 is 4.90 Å². The van der Waals surface area contributed by atoms with E-state index in [-0.39, 0.29) is 0 Å². The maximum Gasteiger partial charge on any atom is 0.225 e. The van der Waals surface area contributed by atoms with Gasteiger partial charge in [0.05, 0.1) is 0 Å². The van der Waals surface area contributed by atoms with Gasteiger partial charge in [-0.05, 0) is 30.8 Å². The highest BCUT2D eigenvalue weighted by Crippen LogP contribution is 2.19. The molecule has 6 heteroatoms. The molecule has 0 saturated heterocycles. The molecule has 0 unspecified atom stereocenters. The lowest BCUT2D eigenvalue weighted by Gasteiger charge is -2.19. The molecule has 96 valence electrons. The third kappa shape index (κ3) is 2.64. The summed E-state index contributed by atoms with van der Waals surface area (Å²) in [6, 6.07) is 8.18. The Bertz CT molecular complexity index is 590. The highest BCUT2D eigenvalue weighted by molar-refractivity contribution is 9.10. The van der Waals surface area contributed by atoms with Crippen molar-refractivity contribution in [2.75, 3.05) is 11.9 Å². The molecular weight excluding hydrogens is 312 g/mol. The second-order valence-corrected chi connectivity index (χ2v) is 5.26. The first kappa shape index (κ1) is 13.3. The first-order valence-electron chi connectivity index (χ1n) is 5.73. The molecule has 0 saturated carbocycles. The van der Waals surface area contributed by atoms with Gasteiger partial charge in [0.15, 0.2) is 4.77 Å². The molecule has 0 radical (unpaired) electrons. The number of aromatic amines is 1. The quantitative estimate of drug-likeness (QED) is 0.875. The van der Waals surface area contributed by atoms with E-state index in [1.54, 1.807) is 0 Å². The fourth-order valence-corrected chi connectivity index (χ4v) is 2.51. The summed E-state index contributed by atoms with van der Waals surface area (Å²) in [6.07, 6.45) is 0. The van der Waals surface area contributed by atoms with Crippen LogP contribution in [-0.2, 0) is 13.1 Å². The fourth-order valence-electron chi connectivity index (χ4n) is 1.84. The summed E-state index contributed by atoms with van der Waals surface area (Å²) >= 11 is 8.75. The van der Waals surface area contributed by atoms with Crippen molar-refractivity contribution in [3.63, 3.8) is 0 Å². The van der Waals surface area contributed by atoms with Crippen LogP contribution in [0.5, 0.6) is 0 Å². The summed E-state index contributed by atoms with van der Waals surface area (Å²) in [7, 11) is 2.01. The summed E-state index contributed by atoms with van der Waals surface area (Å²) < 4.78 is 3.74. The van der Waals surface area contributed by atoms with Gasteiger partial charge in [0.2, 0.25) is 5.95 Å². The summed E-state index contributed by atoms with van der Waals surface area (Å²) in [5.74, 6) is 0.859. The third-order valence-electron chi connectivity index (χ3n) is 2.76. The second kappa shape index (κ2) is 5.67. The van der Waals surface area contributed by atoms with Gasteiger partial charge >= 0.3 is 0 Å². The number of benzene rings is 1. The summed E-state index contributed by atoms with van der Waals surface area (Å²) in [5.41, 5.74) is 1.22. The standard InChI is InChI=1S/C12H15BrN4S/c1-3-17-11(14-15-12(17)18)16(2)8-9-6-4-5-7-10(9)13/h4-7H,3,8H2,1-2H3,(H,15,18). The molecule has 0 fully saturated rings. The van der Waals surface area contributed by atoms with Crippen molar-refractivity contribution >= 4 is 34.1 Å². The maximum absolute atomic E-state index is 5.19. The van der Waals surface area contributed by atoms with Crippen LogP contribution in [-0.4, -0.2) is 21.8 Å². The van der Waals surface area contributed by atoms with Gasteiger partial charge in [0, 0.05) is 24.6 Å². The summed E-state index contributed by atoms with van der Waals surface area (Å²) in [4.78, 5) is 2.08. The number of aromatic nitrogens is 3. The molecular formula is C12H15BrN4S. The van der Waals surface area contributed by atoms with E-state index in [1.165, 1.54) is 5.56 Å². The van der Waals surface area contributed by atoms with Gasteiger partial charge < -0.3 is 4.90 Å². The van der Waals surface area contributed by atoms with Gasteiger partial charge in [0.1, 0.15) is 0 Å². The molecule has 18 heavy (non-hydrogen) atoms. The Kier molecular flexibility index (Phi) is 4.19. The monoisotopic (exact) mass is 326 g/mol. The molecule has 0 aliphatic carbocycles. The number of hydrogen-bond acceptors (Lipinski definition) is 3. The number of halogens is 1. The van der Waals surface area contributed by atoms with E-state index < -0.39 is 0 Å². The van der Waals surface area contributed by atoms with Crippen LogP contribution in [0.4, 0.5) is 5.95 Å². The average Bonchev–Trinajstić information content (AvgIpc) is 2.73. The predicted molar refractivity (Wildman–Crippen MR) is 79.3 cm³/mol. The number of anilines is 1. The largest absolute Gasteiger partial charge is 0.340 e. The van der Waals surface area contributed by atoms with Gasteiger partial charge in [-0.15, -0.1) is 5.10 Å². The molecule has 0 amide bonds. The van der Waals surface area contributed by atoms with Crippen molar-refractivity contribution in [3.8, 4) is 0 Å². The maximum atomic E-state index is 5.19. The van der Waals surface area contributed by atoms with Crippen molar-refractivity contribution < 1.29 is 0 Å². The van der Waals surface area contributed by atoms with Gasteiger partial charge in [-0.25, -0.2) is 5.10 Å². The topological polar surface area (TPSA) is 36.9 Å². The van der Waals surface area contributed by atoms with Crippen LogP contribution in [0.15, 0.2) is 28.7 Å². The number of hydrogen-bond donors (Lipinski definition) is 1. The zero-order valence-corrected chi connectivity index (χ0v) is 12.8. The van der Waals surface area contributed by atoms with Crippen molar-refractivity contribution in [2.24, 2.45) is 0 Å². The second-order valence-electron chi connectivity index (χ2n) is 4.02. The molecule has 0 spiro atoms. The highest BCUT2D eigenvalue weighted by Gasteiger charge is 2.11. The third-order valence-corrected chi connectivity index (χ3v) is 3.85. The minimum absolute atomic E-state index is 0.659. The van der Waals surface area contributed by atoms with Crippen LogP contribution >= 0.6 is 28.1 Å². The first-order chi connectivity index (χ1) is 8.63. The molecule has 1 heterocycles. The van der Waals surface area contributed by atoms with Crippen LogP contribution in [0.3, 0.4) is 0 Å². The molecule has 2 rings (SSSR count). The SMILES string of the molecule is CCn1c(N(C)Cc2ccccc2Br)n[nH]c1=S. The minimum atomic E-state index is 0.659. The minimum Gasteiger partial charge on any atom is -0.340 e. The fraction of sp³-hybridized carbons (Fsp3) is 0.333.